The molecule has 1 aliphatic heterocycles. The van der Waals surface area contributed by atoms with Crippen LogP contribution in [0.1, 0.15) is 0 Å². The van der Waals surface area contributed by atoms with E-state index in [1.165, 1.54) is 64.1 Å². The fourth-order valence-corrected chi connectivity index (χ4v) is 7.45. The molecule has 7 rings (SSSR count). The first-order chi connectivity index (χ1) is 18.8. The Balaban J connectivity index is 1.52. The second-order valence-electron chi connectivity index (χ2n) is 9.32. The Morgan fingerprint density at radius 1 is 0.289 bits per heavy atom. The minimum Gasteiger partial charge on any atom is -0.0888 e. The monoisotopic (exact) mass is 520 g/mol. The van der Waals surface area contributed by atoms with Gasteiger partial charge in [0, 0.05) is 19.6 Å². The van der Waals surface area contributed by atoms with Gasteiger partial charge in [-0.15, -0.1) is 0 Å². The molecule has 0 atom stereocenters. The molecule has 0 aromatic heterocycles. The van der Waals surface area contributed by atoms with Gasteiger partial charge in [0.1, 0.15) is 0 Å². The Hall–Kier alpha value is -3.98. The van der Waals surface area contributed by atoms with Crippen molar-refractivity contribution in [1.82, 2.24) is 0 Å². The highest BCUT2D eigenvalue weighted by atomic mass is 32.2. The van der Waals surface area contributed by atoms with Gasteiger partial charge in [0.15, 0.2) is 0 Å². The molecule has 0 nitrogen and oxygen atoms in total. The number of benzene rings is 6. The van der Waals surface area contributed by atoms with Gasteiger partial charge in [-0.3, -0.25) is 0 Å². The SMILES string of the molecule is c1ccc(-c2ccc3c(c2)-c2ccccc2Sc2ccccc2-c2cccc(-c4ccccc4)c2S3)cc1. The number of fused-ring (bicyclic) bond motifs is 6. The average molecular weight is 521 g/mol. The molecule has 0 aliphatic carbocycles. The van der Waals surface area contributed by atoms with E-state index < -0.39 is 0 Å². The Morgan fingerprint density at radius 3 is 1.53 bits per heavy atom. The summed E-state index contributed by atoms with van der Waals surface area (Å²) in [4.78, 5) is 5.10. The zero-order valence-corrected chi connectivity index (χ0v) is 22.3. The lowest BCUT2D eigenvalue weighted by Gasteiger charge is -2.22. The Labute approximate surface area is 232 Å². The second kappa shape index (κ2) is 10.1. The quantitative estimate of drug-likeness (QED) is 0.222. The lowest BCUT2D eigenvalue weighted by Crippen LogP contribution is -1.94. The maximum atomic E-state index is 2.37. The van der Waals surface area contributed by atoms with Gasteiger partial charge < -0.3 is 0 Å². The Morgan fingerprint density at radius 2 is 0.816 bits per heavy atom. The van der Waals surface area contributed by atoms with E-state index in [2.05, 4.69) is 146 Å². The minimum absolute atomic E-state index is 1.23. The molecule has 0 bridgehead atoms. The lowest BCUT2D eigenvalue weighted by atomic mass is 9.98. The standard InChI is InChI=1S/C36H24S2/c1-3-12-25(13-4-1)27-22-23-35-32(24-27)30-17-8-10-21-34(30)37-33-20-9-7-16-29(33)31-19-11-18-28(36(31)38-35)26-14-5-2-6-15-26/h1-24H. The van der Waals surface area contributed by atoms with Crippen LogP contribution >= 0.6 is 23.5 Å². The minimum atomic E-state index is 1.23. The summed E-state index contributed by atoms with van der Waals surface area (Å²) in [5.41, 5.74) is 10.1. The second-order valence-corrected chi connectivity index (χ2v) is 11.5. The van der Waals surface area contributed by atoms with Crippen molar-refractivity contribution in [1.29, 1.82) is 0 Å². The van der Waals surface area contributed by atoms with E-state index in [1.54, 1.807) is 0 Å². The van der Waals surface area contributed by atoms with Crippen molar-refractivity contribution in [2.45, 2.75) is 19.6 Å². The van der Waals surface area contributed by atoms with Crippen LogP contribution in [-0.4, -0.2) is 0 Å². The van der Waals surface area contributed by atoms with E-state index in [0.717, 1.165) is 0 Å². The molecule has 1 heterocycles. The van der Waals surface area contributed by atoms with Crippen LogP contribution < -0.4 is 0 Å². The topological polar surface area (TPSA) is 0 Å². The molecule has 0 N–H and O–H groups in total. The molecule has 180 valence electrons. The molecule has 0 amide bonds. The third kappa shape index (κ3) is 4.26. The Bertz CT molecular complexity index is 1750. The molecule has 38 heavy (non-hydrogen) atoms. The van der Waals surface area contributed by atoms with E-state index in [1.807, 2.05) is 23.5 Å². The van der Waals surface area contributed by atoms with Gasteiger partial charge in [-0.25, -0.2) is 0 Å². The first-order valence-electron chi connectivity index (χ1n) is 12.8. The number of hydrogen-bond acceptors (Lipinski definition) is 2. The molecule has 1 aliphatic rings. The molecule has 6 aromatic rings. The van der Waals surface area contributed by atoms with Crippen LogP contribution in [0.4, 0.5) is 0 Å². The predicted molar refractivity (Wildman–Crippen MR) is 163 cm³/mol. The van der Waals surface area contributed by atoms with Crippen LogP contribution in [0.25, 0.3) is 44.5 Å². The summed E-state index contributed by atoms with van der Waals surface area (Å²) in [6.07, 6.45) is 0. The molecule has 0 unspecified atom stereocenters. The molecule has 0 fully saturated rings. The third-order valence-corrected chi connectivity index (χ3v) is 9.34. The van der Waals surface area contributed by atoms with E-state index in [9.17, 15) is 0 Å². The molecule has 0 saturated carbocycles. The predicted octanol–water partition coefficient (Wildman–Crippen LogP) is 11.0. The van der Waals surface area contributed by atoms with Crippen LogP contribution in [0.5, 0.6) is 0 Å². The largest absolute Gasteiger partial charge is 0.0888 e. The van der Waals surface area contributed by atoms with Gasteiger partial charge in [-0.1, -0.05) is 145 Å². The molecule has 2 heteroatoms. The summed E-state index contributed by atoms with van der Waals surface area (Å²) < 4.78 is 0. The summed E-state index contributed by atoms with van der Waals surface area (Å²) in [6.45, 7) is 0. The highest BCUT2D eigenvalue weighted by molar-refractivity contribution is 8.00. The van der Waals surface area contributed by atoms with Crippen molar-refractivity contribution < 1.29 is 0 Å². The zero-order valence-electron chi connectivity index (χ0n) is 20.7. The first-order valence-corrected chi connectivity index (χ1v) is 14.4. The van der Waals surface area contributed by atoms with Gasteiger partial charge in [0.2, 0.25) is 0 Å². The van der Waals surface area contributed by atoms with Gasteiger partial charge in [-0.05, 0) is 68.8 Å². The normalized spacial score (nSPS) is 12.0. The molecular formula is C36H24S2. The van der Waals surface area contributed by atoms with E-state index >= 15 is 0 Å². The molecule has 6 aromatic carbocycles. The van der Waals surface area contributed by atoms with Crippen molar-refractivity contribution in [3.8, 4) is 44.5 Å². The fraction of sp³-hybridized carbons (Fsp3) is 0. The molecule has 0 spiro atoms. The van der Waals surface area contributed by atoms with E-state index in [4.69, 9.17) is 0 Å². The van der Waals surface area contributed by atoms with Crippen LogP contribution in [0.3, 0.4) is 0 Å². The number of rotatable bonds is 2. The van der Waals surface area contributed by atoms with Crippen molar-refractivity contribution in [3.05, 3.63) is 146 Å². The van der Waals surface area contributed by atoms with Crippen molar-refractivity contribution in [3.63, 3.8) is 0 Å². The van der Waals surface area contributed by atoms with Gasteiger partial charge >= 0.3 is 0 Å². The lowest BCUT2D eigenvalue weighted by molar-refractivity contribution is 1.32. The van der Waals surface area contributed by atoms with Crippen LogP contribution in [-0.2, 0) is 0 Å². The van der Waals surface area contributed by atoms with Crippen LogP contribution in [0.2, 0.25) is 0 Å². The zero-order chi connectivity index (χ0) is 25.3. The average Bonchev–Trinajstić information content (AvgIpc) is 2.99. The molecular weight excluding hydrogens is 497 g/mol. The van der Waals surface area contributed by atoms with Crippen molar-refractivity contribution in [2.75, 3.05) is 0 Å². The van der Waals surface area contributed by atoms with E-state index in [0.29, 0.717) is 0 Å². The highest BCUT2D eigenvalue weighted by Gasteiger charge is 2.21. The number of hydrogen-bond donors (Lipinski definition) is 0. The van der Waals surface area contributed by atoms with Crippen LogP contribution in [0.15, 0.2) is 165 Å². The smallest absolute Gasteiger partial charge is 0.0279 e. The van der Waals surface area contributed by atoms with Gasteiger partial charge in [0.25, 0.3) is 0 Å². The summed E-state index contributed by atoms with van der Waals surface area (Å²) in [6, 6.07) is 52.8. The maximum absolute atomic E-state index is 2.37. The van der Waals surface area contributed by atoms with Gasteiger partial charge in [0.05, 0.1) is 0 Å². The van der Waals surface area contributed by atoms with Gasteiger partial charge in [-0.2, -0.15) is 0 Å². The Kier molecular flexibility index (Phi) is 6.13. The summed E-state index contributed by atoms with van der Waals surface area (Å²) in [5, 5.41) is 0. The highest BCUT2D eigenvalue weighted by Crippen LogP contribution is 2.51. The first kappa shape index (κ1) is 23.2. The van der Waals surface area contributed by atoms with Crippen LogP contribution in [0, 0.1) is 0 Å². The summed E-state index contributed by atoms with van der Waals surface area (Å²) in [7, 11) is 0. The van der Waals surface area contributed by atoms with E-state index in [-0.39, 0.29) is 0 Å². The molecule has 0 saturated heterocycles. The third-order valence-electron chi connectivity index (χ3n) is 6.97. The molecule has 0 radical (unpaired) electrons. The maximum Gasteiger partial charge on any atom is 0.0279 e. The summed E-state index contributed by atoms with van der Waals surface area (Å²) >= 11 is 3.74. The van der Waals surface area contributed by atoms with Crippen molar-refractivity contribution >= 4 is 23.5 Å². The summed E-state index contributed by atoms with van der Waals surface area (Å²) in [5.74, 6) is 0. The van der Waals surface area contributed by atoms with Crippen molar-refractivity contribution in [2.24, 2.45) is 0 Å². The fourth-order valence-electron chi connectivity index (χ4n) is 5.13.